The Balaban J connectivity index is 0.0000154. The Morgan fingerprint density at radius 2 is 1.28 bits per heavy atom. The molecule has 27 heteroatoms. The Morgan fingerprint density at radius 1 is 0.674 bits per heavy atom. The zero-order valence-electron chi connectivity index (χ0n) is 53.3. The summed E-state index contributed by atoms with van der Waals surface area (Å²) < 4.78 is 40.7. The molecule has 5 aromatic rings. The number of nitrogens with zero attached hydrogens (tertiary/aromatic N) is 3. The summed E-state index contributed by atoms with van der Waals surface area (Å²) in [5.41, 5.74) is 9.42. The number of hydrogen-bond acceptors (Lipinski definition) is 16. The maximum absolute atomic E-state index is 14.6. The number of anilines is 1. The third kappa shape index (κ3) is 23.6. The number of amides is 9. The quantitative estimate of drug-likeness (QED) is 0.0176. The number of pyridine rings is 1. The van der Waals surface area contributed by atoms with Crippen LogP contribution in [0, 0.1) is 11.8 Å². The number of hydrazone groups is 1. The number of nitrogens with one attached hydrogen (secondary N) is 9. The molecule has 1 saturated heterocycles. The van der Waals surface area contributed by atoms with Gasteiger partial charge in [-0.1, -0.05) is 100 Å². The van der Waals surface area contributed by atoms with E-state index in [1.165, 1.54) is 60.5 Å². The van der Waals surface area contributed by atoms with Crippen LogP contribution in [-0.2, 0) is 63.1 Å². The summed E-state index contributed by atoms with van der Waals surface area (Å²) in [6, 6.07) is 25.3. The molecule has 0 bridgehead atoms. The number of hydrogen-bond donors (Lipinski definition) is 10. The van der Waals surface area contributed by atoms with Crippen molar-refractivity contribution in [2.24, 2.45) is 16.9 Å². The van der Waals surface area contributed by atoms with E-state index < -0.39 is 105 Å². The highest BCUT2D eigenvalue weighted by molar-refractivity contribution is 7.85. The number of aryl methyl sites for hydroxylation is 1. The fourth-order valence-corrected chi connectivity index (χ4v) is 10.5. The van der Waals surface area contributed by atoms with Crippen molar-refractivity contribution in [3.8, 4) is 5.75 Å². The molecule has 1 aliphatic rings. The van der Waals surface area contributed by atoms with Crippen LogP contribution in [0.1, 0.15) is 130 Å². The Morgan fingerprint density at radius 3 is 1.90 bits per heavy atom. The third-order valence-electron chi connectivity index (χ3n) is 14.3. The van der Waals surface area contributed by atoms with E-state index in [1.54, 1.807) is 42.5 Å². The molecule has 0 saturated carbocycles. The SMILES string of the molecule is CC(=O)N1CCC[C@H]1C(=O)N[C@@H](CC(C)C)C(=O)NCC(=O)N[C@@H](CCc1ccccc1)C(=O)N[C@@H](Cc1ccc(OC(C)(C)C)cc1)C(=O)N[C@@H](CC(C)C)C(=O)NNC(=O)c1ccc(CNC(=O)c2ccc(N/N=C/c3ccccc3S(=O)(=O)[O-])nc2)cc1.[NH4+]. The molecule has 0 unspecified atom stereocenters. The van der Waals surface area contributed by atoms with Gasteiger partial charge in [0.25, 0.3) is 17.7 Å². The summed E-state index contributed by atoms with van der Waals surface area (Å²) in [5, 5.41) is 20.4. The molecule has 2 heterocycles. The Hall–Kier alpha value is -9.60. The van der Waals surface area contributed by atoms with Gasteiger partial charge in [0.15, 0.2) is 0 Å². The van der Waals surface area contributed by atoms with Gasteiger partial charge in [0.1, 0.15) is 57.5 Å². The van der Waals surface area contributed by atoms with Gasteiger partial charge in [-0.2, -0.15) is 5.10 Å². The van der Waals surface area contributed by atoms with E-state index in [2.05, 4.69) is 58.3 Å². The molecule has 0 spiro atoms. The van der Waals surface area contributed by atoms with Crippen LogP contribution in [0.5, 0.6) is 5.75 Å². The second kappa shape index (κ2) is 34.6. The summed E-state index contributed by atoms with van der Waals surface area (Å²) in [6.07, 6.45) is 4.19. The third-order valence-corrected chi connectivity index (χ3v) is 15.2. The predicted molar refractivity (Wildman–Crippen MR) is 344 cm³/mol. The van der Waals surface area contributed by atoms with E-state index in [0.717, 1.165) is 11.8 Å². The maximum atomic E-state index is 14.6. The highest BCUT2D eigenvalue weighted by Crippen LogP contribution is 2.22. The zero-order valence-corrected chi connectivity index (χ0v) is 54.1. The number of aromatic nitrogens is 1. The van der Waals surface area contributed by atoms with E-state index in [4.69, 9.17) is 4.74 Å². The van der Waals surface area contributed by atoms with Crippen molar-refractivity contribution in [2.45, 2.75) is 148 Å². The number of quaternary nitrogens is 1. The molecule has 13 N–H and O–H groups in total. The van der Waals surface area contributed by atoms with Crippen LogP contribution in [0.15, 0.2) is 131 Å². The van der Waals surface area contributed by atoms with E-state index in [0.29, 0.717) is 42.7 Å². The maximum Gasteiger partial charge on any atom is 0.269 e. The summed E-state index contributed by atoms with van der Waals surface area (Å²) in [5.74, 6) is -4.92. The number of carbonyl (C=O) groups is 9. The molecule has 92 heavy (non-hydrogen) atoms. The number of benzene rings is 4. The number of hydrazine groups is 1. The molecule has 1 aliphatic heterocycles. The number of carbonyl (C=O) groups excluding carboxylic acids is 9. The molecule has 26 nitrogen and oxygen atoms in total. The van der Waals surface area contributed by atoms with Gasteiger partial charge in [0, 0.05) is 43.8 Å². The summed E-state index contributed by atoms with van der Waals surface area (Å²) in [4.78, 5) is 128. The molecule has 1 aromatic heterocycles. The van der Waals surface area contributed by atoms with Crippen LogP contribution in [0.2, 0.25) is 0 Å². The number of rotatable bonds is 29. The average molecular weight is 1290 g/mol. The van der Waals surface area contributed by atoms with Crippen molar-refractivity contribution >= 4 is 75.3 Å². The van der Waals surface area contributed by atoms with E-state index >= 15 is 0 Å². The second-order valence-corrected chi connectivity index (χ2v) is 25.2. The standard InChI is InChI=1S/C65H82N12O13S.H3N/c1-40(2)33-51(73-64(86)54-18-14-32-77(54)42(5)78)60(82)68-39-57(79)70-50(30-24-43-15-10-9-11-16-43)61(83)72-53(35-44-22-28-49(29-23-44)90-65(6,7)8)62(84)71-52(34-41(3)4)63(85)76-75-59(81)46-25-20-45(21-26-46)36-67-58(80)48-27-31-56(66-37-48)74-69-38-47-17-12-13-19-55(47)91(87,88)89;/h9-13,15-17,19-23,25-29,31,37-38,40-41,50-54H,14,18,24,30,32-36,39H2,1-8H3,(H,66,74)(H,67,80)(H,68,82)(H,70,79)(H,71,84)(H,72,83)(H,73,86)(H,75,81)(H,76,85)(H,87,88,89);1H3/b69-38+;/t50-,51-,52-,53-,54-;/m0./s1. The summed E-state index contributed by atoms with van der Waals surface area (Å²) in [6.45, 7) is 14.4. The van der Waals surface area contributed by atoms with Gasteiger partial charge in [-0.05, 0) is 130 Å². The molecule has 5 atom stereocenters. The number of likely N-dealkylation sites (tertiary alicyclic amines) is 1. The predicted octanol–water partition coefficient (Wildman–Crippen LogP) is 4.71. The fourth-order valence-electron chi connectivity index (χ4n) is 9.80. The second-order valence-electron chi connectivity index (χ2n) is 23.9. The summed E-state index contributed by atoms with van der Waals surface area (Å²) in [7, 11) is -4.73. The van der Waals surface area contributed by atoms with Gasteiger partial charge in [-0.15, -0.1) is 0 Å². The van der Waals surface area contributed by atoms with Crippen LogP contribution in [0.25, 0.3) is 0 Å². The monoisotopic (exact) mass is 1290 g/mol. The smallest absolute Gasteiger partial charge is 0.269 e. The van der Waals surface area contributed by atoms with Crippen molar-refractivity contribution in [3.05, 3.63) is 155 Å². The van der Waals surface area contributed by atoms with Crippen molar-refractivity contribution in [3.63, 3.8) is 0 Å². The van der Waals surface area contributed by atoms with Gasteiger partial charge >= 0.3 is 0 Å². The largest absolute Gasteiger partial charge is 0.744 e. The van der Waals surface area contributed by atoms with Gasteiger partial charge in [0.05, 0.1) is 23.2 Å². The molecule has 1 fully saturated rings. The molecular formula is C65H85N13O13S. The van der Waals surface area contributed by atoms with E-state index in [9.17, 15) is 56.1 Å². The van der Waals surface area contributed by atoms with Crippen molar-refractivity contribution in [1.82, 2.24) is 58.8 Å². The highest BCUT2D eigenvalue weighted by atomic mass is 32.2. The number of ether oxygens (including phenoxy) is 1. The van der Waals surface area contributed by atoms with Crippen LogP contribution >= 0.6 is 0 Å². The van der Waals surface area contributed by atoms with Crippen molar-refractivity contribution < 1.29 is 60.9 Å². The lowest BCUT2D eigenvalue weighted by atomic mass is 10.00. The van der Waals surface area contributed by atoms with Crippen LogP contribution in [0.3, 0.4) is 0 Å². The van der Waals surface area contributed by atoms with Gasteiger partial charge in [-0.25, -0.2) is 13.4 Å². The fraction of sp³-hybridized carbons (Fsp3) is 0.400. The first kappa shape index (κ1) is 73.1. The highest BCUT2D eigenvalue weighted by Gasteiger charge is 2.36. The van der Waals surface area contributed by atoms with E-state index in [1.807, 2.05) is 78.8 Å². The van der Waals surface area contributed by atoms with Gasteiger partial charge in [0.2, 0.25) is 35.4 Å². The van der Waals surface area contributed by atoms with E-state index in [-0.39, 0.29) is 78.6 Å². The summed E-state index contributed by atoms with van der Waals surface area (Å²) >= 11 is 0. The minimum Gasteiger partial charge on any atom is -0.744 e. The minimum absolute atomic E-state index is 0. The molecule has 494 valence electrons. The topological polar surface area (TPSA) is 393 Å². The lowest BCUT2D eigenvalue weighted by molar-refractivity contribution is -0.138. The Bertz CT molecular complexity index is 3490. The van der Waals surface area contributed by atoms with Crippen LogP contribution in [-0.4, -0.2) is 131 Å². The van der Waals surface area contributed by atoms with Crippen molar-refractivity contribution in [1.29, 1.82) is 0 Å². The first-order chi connectivity index (χ1) is 43.1. The average Bonchev–Trinajstić information content (AvgIpc) is 1.56. The first-order valence-corrected chi connectivity index (χ1v) is 31.4. The Labute approximate surface area is 536 Å². The molecule has 4 aromatic carbocycles. The lowest BCUT2D eigenvalue weighted by Gasteiger charge is -2.27. The molecule has 9 amide bonds. The molecule has 6 rings (SSSR count). The minimum atomic E-state index is -4.73. The molecule has 0 radical (unpaired) electrons. The van der Waals surface area contributed by atoms with Gasteiger partial charge < -0.3 is 52.2 Å². The van der Waals surface area contributed by atoms with Crippen LogP contribution in [0.4, 0.5) is 5.82 Å². The Kier molecular flexibility index (Phi) is 27.5. The molecular weight excluding hydrogens is 1200 g/mol. The lowest BCUT2D eigenvalue weighted by Crippen LogP contribution is -2.59. The van der Waals surface area contributed by atoms with Crippen molar-refractivity contribution in [2.75, 3.05) is 18.5 Å². The zero-order chi connectivity index (χ0) is 66.4. The van der Waals surface area contributed by atoms with Crippen LogP contribution < -0.4 is 59.1 Å². The first-order valence-electron chi connectivity index (χ1n) is 30.0. The normalized spacial score (nSPS) is 14.3. The molecule has 0 aliphatic carbocycles. The van der Waals surface area contributed by atoms with Gasteiger partial charge in [-0.3, -0.25) is 59.4 Å².